The average Bonchev–Trinajstić information content (AvgIpc) is 2.78. The number of hydrogen-bond donors (Lipinski definition) is 1. The van der Waals surface area contributed by atoms with Gasteiger partial charge in [-0.05, 0) is 30.2 Å². The van der Waals surface area contributed by atoms with E-state index in [0.717, 1.165) is 6.42 Å². The van der Waals surface area contributed by atoms with Crippen LogP contribution in [-0.4, -0.2) is 31.0 Å². The van der Waals surface area contributed by atoms with Crippen molar-refractivity contribution < 1.29 is 19.0 Å². The Morgan fingerprint density at radius 2 is 1.48 bits per heavy atom. The Hall–Kier alpha value is -1.48. The molecule has 1 aromatic rings. The first-order valence-electron chi connectivity index (χ1n) is 12.2. The normalized spacial score (nSPS) is 12.1. The summed E-state index contributed by atoms with van der Waals surface area (Å²) in [4.78, 5) is 0. The van der Waals surface area contributed by atoms with E-state index >= 15 is 0 Å². The molecule has 0 bridgehead atoms. The third-order valence-electron chi connectivity index (χ3n) is 5.47. The van der Waals surface area contributed by atoms with Crippen LogP contribution < -0.4 is 0 Å². The third kappa shape index (κ3) is 15.0. The molecule has 1 N–H and O–H groups in total. The van der Waals surface area contributed by atoms with Crippen molar-refractivity contribution in [3.63, 3.8) is 0 Å². The highest BCUT2D eigenvalue weighted by molar-refractivity contribution is 5.33. The van der Waals surface area contributed by atoms with Crippen molar-refractivity contribution in [1.29, 1.82) is 5.26 Å². The topological polar surface area (TPSA) is 62.5 Å². The fourth-order valence-corrected chi connectivity index (χ4v) is 3.60. The number of rotatable bonds is 20. The zero-order valence-corrected chi connectivity index (χ0v) is 19.4. The molecule has 4 nitrogen and oxygen atoms in total. The van der Waals surface area contributed by atoms with E-state index in [0.29, 0.717) is 18.8 Å². The van der Waals surface area contributed by atoms with E-state index in [-0.39, 0.29) is 18.8 Å². The highest BCUT2D eigenvalue weighted by Gasteiger charge is 2.09. The number of nitrogens with zero attached hydrogens (tertiary/aromatic N) is 1. The van der Waals surface area contributed by atoms with Crippen LogP contribution in [0.2, 0.25) is 0 Å². The molecule has 31 heavy (non-hydrogen) atoms. The number of nitriles is 1. The van der Waals surface area contributed by atoms with Crippen molar-refractivity contribution >= 4 is 0 Å². The molecule has 0 saturated heterocycles. The summed E-state index contributed by atoms with van der Waals surface area (Å²) in [5.41, 5.74) is 0.837. The molecule has 1 atom stereocenters. The van der Waals surface area contributed by atoms with Crippen molar-refractivity contribution in [2.75, 3.05) is 19.8 Å². The van der Waals surface area contributed by atoms with Crippen LogP contribution in [0.1, 0.15) is 102 Å². The lowest BCUT2D eigenvalue weighted by Gasteiger charge is -2.16. The molecule has 0 heterocycles. The molecule has 0 aliphatic heterocycles. The molecule has 1 rings (SSSR count). The number of unbranched alkanes of at least 4 members (excludes halogenated alkanes) is 12. The number of aliphatic hydroxyl groups is 1. The van der Waals surface area contributed by atoms with Crippen LogP contribution in [0.3, 0.4) is 0 Å². The van der Waals surface area contributed by atoms with Crippen LogP contribution in [-0.2, 0) is 16.1 Å². The van der Waals surface area contributed by atoms with E-state index in [9.17, 15) is 9.50 Å². The molecule has 5 heteroatoms. The number of halogens is 1. The fraction of sp³-hybridized carbons (Fsp3) is 0.731. The van der Waals surface area contributed by atoms with Crippen LogP contribution >= 0.6 is 0 Å². The molecule has 0 fully saturated rings. The summed E-state index contributed by atoms with van der Waals surface area (Å²) in [6.07, 6.45) is 16.7. The summed E-state index contributed by atoms with van der Waals surface area (Å²) in [7, 11) is 0. The first-order chi connectivity index (χ1) is 15.2. The molecular weight excluding hydrogens is 393 g/mol. The monoisotopic (exact) mass is 435 g/mol. The minimum atomic E-state index is -0.461. The molecule has 0 amide bonds. The second-order valence-corrected chi connectivity index (χ2v) is 8.39. The van der Waals surface area contributed by atoms with Gasteiger partial charge in [0, 0.05) is 6.61 Å². The molecule has 1 aromatic carbocycles. The maximum atomic E-state index is 13.4. The molecule has 0 aromatic heterocycles. The van der Waals surface area contributed by atoms with E-state index in [1.165, 1.54) is 89.2 Å². The molecule has 0 spiro atoms. The zero-order valence-electron chi connectivity index (χ0n) is 19.4. The van der Waals surface area contributed by atoms with Gasteiger partial charge in [0.25, 0.3) is 0 Å². The number of ether oxygens (including phenoxy) is 2. The molecule has 0 radical (unpaired) electrons. The lowest BCUT2D eigenvalue weighted by atomic mass is 10.0. The maximum Gasteiger partial charge on any atom is 0.124 e. The van der Waals surface area contributed by atoms with Gasteiger partial charge >= 0.3 is 0 Å². The number of aliphatic hydroxyl groups excluding tert-OH is 1. The Kier molecular flexibility index (Phi) is 17.1. The van der Waals surface area contributed by atoms with Gasteiger partial charge in [-0.15, -0.1) is 0 Å². The van der Waals surface area contributed by atoms with Gasteiger partial charge in [0.15, 0.2) is 0 Å². The Morgan fingerprint density at radius 3 is 2.03 bits per heavy atom. The summed E-state index contributed by atoms with van der Waals surface area (Å²) in [6, 6.07) is 6.04. The predicted octanol–water partition coefficient (Wildman–Crippen LogP) is 6.68. The Balaban J connectivity index is 1.96. The summed E-state index contributed by atoms with van der Waals surface area (Å²) >= 11 is 0. The summed E-state index contributed by atoms with van der Waals surface area (Å²) in [6.45, 7) is 3.22. The lowest BCUT2D eigenvalue weighted by Crippen LogP contribution is -2.24. The minimum absolute atomic E-state index is 0.139. The van der Waals surface area contributed by atoms with Gasteiger partial charge in [0.1, 0.15) is 11.9 Å². The van der Waals surface area contributed by atoms with Gasteiger partial charge < -0.3 is 14.6 Å². The Bertz CT molecular complexity index is 603. The largest absolute Gasteiger partial charge is 0.394 e. The van der Waals surface area contributed by atoms with Crippen LogP contribution in [0.5, 0.6) is 0 Å². The first-order valence-corrected chi connectivity index (χ1v) is 12.2. The van der Waals surface area contributed by atoms with Gasteiger partial charge in [-0.2, -0.15) is 5.26 Å². The molecule has 176 valence electrons. The summed E-state index contributed by atoms with van der Waals surface area (Å²) < 4.78 is 24.7. The van der Waals surface area contributed by atoms with E-state index < -0.39 is 11.9 Å². The van der Waals surface area contributed by atoms with E-state index in [1.807, 2.05) is 6.07 Å². The second kappa shape index (κ2) is 19.2. The van der Waals surface area contributed by atoms with Crippen molar-refractivity contribution in [3.05, 3.63) is 35.1 Å². The van der Waals surface area contributed by atoms with Crippen molar-refractivity contribution in [3.8, 4) is 6.07 Å². The summed E-state index contributed by atoms with van der Waals surface area (Å²) in [5, 5.41) is 18.3. The van der Waals surface area contributed by atoms with Crippen LogP contribution in [0.25, 0.3) is 0 Å². The van der Waals surface area contributed by atoms with E-state index in [1.54, 1.807) is 6.07 Å². The predicted molar refractivity (Wildman–Crippen MR) is 123 cm³/mol. The molecule has 0 saturated carbocycles. The molecule has 1 unspecified atom stereocenters. The van der Waals surface area contributed by atoms with Crippen molar-refractivity contribution in [2.24, 2.45) is 0 Å². The summed E-state index contributed by atoms with van der Waals surface area (Å²) in [5.74, 6) is -0.461. The van der Waals surface area contributed by atoms with Crippen molar-refractivity contribution in [1.82, 2.24) is 0 Å². The van der Waals surface area contributed by atoms with Crippen molar-refractivity contribution in [2.45, 2.75) is 103 Å². The van der Waals surface area contributed by atoms with Gasteiger partial charge in [-0.25, -0.2) is 4.39 Å². The highest BCUT2D eigenvalue weighted by Crippen LogP contribution is 2.13. The third-order valence-corrected chi connectivity index (χ3v) is 5.47. The van der Waals surface area contributed by atoms with Crippen LogP contribution in [0, 0.1) is 17.1 Å². The second-order valence-electron chi connectivity index (χ2n) is 8.39. The zero-order chi connectivity index (χ0) is 22.6. The van der Waals surface area contributed by atoms with Gasteiger partial charge in [0.2, 0.25) is 0 Å². The smallest absolute Gasteiger partial charge is 0.124 e. The standard InChI is InChI=1S/C26H42FNO3/c1-2-3-4-5-6-7-8-9-10-11-12-13-14-15-30-22-26(20-29)31-21-24-16-23(19-28)17-25(27)18-24/h16-18,26,29H,2-15,20-22H2,1H3. The Labute approximate surface area is 188 Å². The van der Waals surface area contributed by atoms with Crippen LogP contribution in [0.4, 0.5) is 4.39 Å². The van der Waals surface area contributed by atoms with Crippen LogP contribution in [0.15, 0.2) is 18.2 Å². The lowest BCUT2D eigenvalue weighted by molar-refractivity contribution is -0.0503. The molecule has 0 aliphatic carbocycles. The minimum Gasteiger partial charge on any atom is -0.394 e. The van der Waals surface area contributed by atoms with E-state index in [4.69, 9.17) is 14.7 Å². The molecular formula is C26H42FNO3. The molecule has 0 aliphatic rings. The van der Waals surface area contributed by atoms with Gasteiger partial charge in [-0.1, -0.05) is 84.0 Å². The quantitative estimate of drug-likeness (QED) is 0.232. The number of benzene rings is 1. The SMILES string of the molecule is CCCCCCCCCCCCCCCOCC(CO)OCc1cc(F)cc(C#N)c1. The van der Waals surface area contributed by atoms with E-state index in [2.05, 4.69) is 6.92 Å². The van der Waals surface area contributed by atoms with Gasteiger partial charge in [-0.3, -0.25) is 0 Å². The highest BCUT2D eigenvalue weighted by atomic mass is 19.1. The fourth-order valence-electron chi connectivity index (χ4n) is 3.60. The van der Waals surface area contributed by atoms with Gasteiger partial charge in [0.05, 0.1) is 31.5 Å². The Morgan fingerprint density at radius 1 is 0.903 bits per heavy atom. The maximum absolute atomic E-state index is 13.4. The average molecular weight is 436 g/mol. The number of hydrogen-bond acceptors (Lipinski definition) is 4. The first kappa shape index (κ1) is 27.6.